The Morgan fingerprint density at radius 1 is 1.14 bits per heavy atom. The van der Waals surface area contributed by atoms with Gasteiger partial charge in [-0.25, -0.2) is 8.42 Å². The second kappa shape index (κ2) is 8.49. The Morgan fingerprint density at radius 3 is 2.32 bits per heavy atom. The van der Waals surface area contributed by atoms with Crippen molar-refractivity contribution < 1.29 is 17.9 Å². The Kier molecular flexibility index (Phi) is 6.25. The van der Waals surface area contributed by atoms with E-state index in [1.807, 2.05) is 36.4 Å². The molecule has 0 fully saturated rings. The molecule has 1 aliphatic rings. The molecule has 1 heterocycles. The molecule has 7 heteroatoms. The van der Waals surface area contributed by atoms with Gasteiger partial charge in [0.25, 0.3) is 5.91 Å². The first-order valence-corrected chi connectivity index (χ1v) is 11.5. The number of anilines is 1. The van der Waals surface area contributed by atoms with Crippen LogP contribution in [0, 0.1) is 0 Å². The first-order chi connectivity index (χ1) is 13.2. The molecule has 0 aromatic heterocycles. The van der Waals surface area contributed by atoms with Crippen LogP contribution < -0.4 is 9.64 Å². The number of ether oxygens (including phenoxy) is 1. The minimum absolute atomic E-state index is 0.122. The minimum Gasteiger partial charge on any atom is -0.484 e. The van der Waals surface area contributed by atoms with Crippen molar-refractivity contribution in [2.45, 2.75) is 25.8 Å². The van der Waals surface area contributed by atoms with Gasteiger partial charge in [-0.15, -0.1) is 0 Å². The SMILES string of the molecule is CC(C)c1ccc(N(C(=O)COc2ccc(Br)cc2)[C@@H]2C=CS(=O)(=O)C2)cc1. The monoisotopic (exact) mass is 463 g/mol. The summed E-state index contributed by atoms with van der Waals surface area (Å²) in [5.74, 6) is 0.516. The lowest BCUT2D eigenvalue weighted by Gasteiger charge is -2.28. The van der Waals surface area contributed by atoms with Crippen molar-refractivity contribution in [1.29, 1.82) is 0 Å². The van der Waals surface area contributed by atoms with Gasteiger partial charge in [-0.1, -0.05) is 41.9 Å². The van der Waals surface area contributed by atoms with Gasteiger partial charge in [0.2, 0.25) is 0 Å². The molecule has 0 saturated carbocycles. The first kappa shape index (κ1) is 20.6. The molecule has 1 amide bonds. The Balaban J connectivity index is 1.82. The van der Waals surface area contributed by atoms with Gasteiger partial charge in [0, 0.05) is 15.6 Å². The molecule has 3 rings (SSSR count). The Labute approximate surface area is 174 Å². The number of hydrogen-bond donors (Lipinski definition) is 0. The molecule has 1 aliphatic heterocycles. The van der Waals surface area contributed by atoms with Gasteiger partial charge in [-0.3, -0.25) is 4.79 Å². The predicted octanol–water partition coefficient (Wildman–Crippen LogP) is 4.30. The van der Waals surface area contributed by atoms with Gasteiger partial charge in [0.1, 0.15) is 5.75 Å². The van der Waals surface area contributed by atoms with Crippen LogP contribution in [0.1, 0.15) is 25.3 Å². The quantitative estimate of drug-likeness (QED) is 0.640. The highest BCUT2D eigenvalue weighted by molar-refractivity contribution is 9.10. The number of rotatable bonds is 6. The van der Waals surface area contributed by atoms with Crippen molar-refractivity contribution in [2.24, 2.45) is 0 Å². The fraction of sp³-hybridized carbons (Fsp3) is 0.286. The molecular formula is C21H22BrNO4S. The van der Waals surface area contributed by atoms with Crippen LogP contribution in [0.5, 0.6) is 5.75 Å². The average Bonchev–Trinajstić information content (AvgIpc) is 3.01. The molecule has 1 atom stereocenters. The second-order valence-electron chi connectivity index (χ2n) is 6.98. The zero-order valence-corrected chi connectivity index (χ0v) is 18.1. The number of benzene rings is 2. The summed E-state index contributed by atoms with van der Waals surface area (Å²) in [4.78, 5) is 14.5. The number of hydrogen-bond acceptors (Lipinski definition) is 4. The summed E-state index contributed by atoms with van der Waals surface area (Å²) in [6.07, 6.45) is 1.56. The Bertz CT molecular complexity index is 966. The fourth-order valence-corrected chi connectivity index (χ4v) is 4.54. The highest BCUT2D eigenvalue weighted by atomic mass is 79.9. The maximum Gasteiger partial charge on any atom is 0.265 e. The van der Waals surface area contributed by atoms with E-state index in [9.17, 15) is 13.2 Å². The topological polar surface area (TPSA) is 63.7 Å². The van der Waals surface area contributed by atoms with Gasteiger partial charge in [0.05, 0.1) is 11.8 Å². The zero-order valence-electron chi connectivity index (χ0n) is 15.7. The molecular weight excluding hydrogens is 442 g/mol. The summed E-state index contributed by atoms with van der Waals surface area (Å²) in [5.41, 5.74) is 1.80. The van der Waals surface area contributed by atoms with E-state index in [2.05, 4.69) is 29.8 Å². The molecule has 148 valence electrons. The summed E-state index contributed by atoms with van der Waals surface area (Å²) in [6, 6.07) is 14.3. The maximum absolute atomic E-state index is 13.0. The van der Waals surface area contributed by atoms with Crippen molar-refractivity contribution in [3.8, 4) is 5.75 Å². The molecule has 0 bridgehead atoms. The van der Waals surface area contributed by atoms with Crippen LogP contribution in [0.2, 0.25) is 0 Å². The Hall–Kier alpha value is -2.12. The number of carbonyl (C=O) groups excluding carboxylic acids is 1. The highest BCUT2D eigenvalue weighted by Crippen LogP contribution is 2.26. The molecule has 0 spiro atoms. The largest absolute Gasteiger partial charge is 0.484 e. The number of carbonyl (C=O) groups is 1. The molecule has 0 N–H and O–H groups in total. The normalized spacial score (nSPS) is 17.6. The molecule has 28 heavy (non-hydrogen) atoms. The van der Waals surface area contributed by atoms with Crippen molar-refractivity contribution in [2.75, 3.05) is 17.3 Å². The third kappa shape index (κ3) is 5.02. The number of nitrogens with zero attached hydrogens (tertiary/aromatic N) is 1. The van der Waals surface area contributed by atoms with Crippen LogP contribution >= 0.6 is 15.9 Å². The summed E-state index contributed by atoms with van der Waals surface area (Å²) in [7, 11) is -3.30. The van der Waals surface area contributed by atoms with E-state index in [0.717, 1.165) is 10.0 Å². The molecule has 2 aromatic rings. The standard InChI is InChI=1S/C21H22BrNO4S/c1-15(2)16-3-7-18(8-4-16)23(19-11-12-28(25,26)14-19)21(24)13-27-20-9-5-17(22)6-10-20/h3-12,15,19H,13-14H2,1-2H3/t19-/m1/s1. The highest BCUT2D eigenvalue weighted by Gasteiger charge is 2.31. The van der Waals surface area contributed by atoms with E-state index in [0.29, 0.717) is 17.4 Å². The van der Waals surface area contributed by atoms with Crippen LogP contribution in [0.3, 0.4) is 0 Å². The lowest BCUT2D eigenvalue weighted by molar-refractivity contribution is -0.120. The van der Waals surface area contributed by atoms with Crippen LogP contribution in [0.4, 0.5) is 5.69 Å². The van der Waals surface area contributed by atoms with E-state index in [1.165, 1.54) is 10.3 Å². The lowest BCUT2D eigenvalue weighted by atomic mass is 10.0. The predicted molar refractivity (Wildman–Crippen MR) is 114 cm³/mol. The molecule has 0 saturated heterocycles. The maximum atomic E-state index is 13.0. The van der Waals surface area contributed by atoms with Gasteiger partial charge in [-0.2, -0.15) is 0 Å². The van der Waals surface area contributed by atoms with Crippen molar-refractivity contribution in [3.63, 3.8) is 0 Å². The second-order valence-corrected chi connectivity index (χ2v) is 9.82. The summed E-state index contributed by atoms with van der Waals surface area (Å²) in [5, 5.41) is 1.18. The molecule has 0 unspecified atom stereocenters. The van der Waals surface area contributed by atoms with Crippen molar-refractivity contribution >= 4 is 37.4 Å². The molecule has 0 aliphatic carbocycles. The van der Waals surface area contributed by atoms with E-state index >= 15 is 0 Å². The third-order valence-electron chi connectivity index (χ3n) is 4.53. The van der Waals surface area contributed by atoms with E-state index in [-0.39, 0.29) is 18.3 Å². The first-order valence-electron chi connectivity index (χ1n) is 8.96. The minimum atomic E-state index is -3.30. The van der Waals surface area contributed by atoms with E-state index in [4.69, 9.17) is 4.74 Å². The summed E-state index contributed by atoms with van der Waals surface area (Å²) in [6.45, 7) is 4.00. The fourth-order valence-electron chi connectivity index (χ4n) is 3.01. The molecule has 2 aromatic carbocycles. The molecule has 5 nitrogen and oxygen atoms in total. The smallest absolute Gasteiger partial charge is 0.265 e. The molecule has 0 radical (unpaired) electrons. The van der Waals surface area contributed by atoms with Gasteiger partial charge in [0.15, 0.2) is 16.4 Å². The third-order valence-corrected chi connectivity index (χ3v) is 6.43. The van der Waals surface area contributed by atoms with Gasteiger partial charge >= 0.3 is 0 Å². The Morgan fingerprint density at radius 2 is 1.79 bits per heavy atom. The van der Waals surface area contributed by atoms with Crippen LogP contribution in [-0.2, 0) is 14.6 Å². The number of amides is 1. The van der Waals surface area contributed by atoms with Crippen LogP contribution in [0.15, 0.2) is 64.5 Å². The summed E-state index contributed by atoms with van der Waals surface area (Å²) >= 11 is 3.36. The zero-order chi connectivity index (χ0) is 20.3. The van der Waals surface area contributed by atoms with Crippen LogP contribution in [-0.4, -0.2) is 32.7 Å². The van der Waals surface area contributed by atoms with Gasteiger partial charge < -0.3 is 9.64 Å². The lowest BCUT2D eigenvalue weighted by Crippen LogP contribution is -2.43. The van der Waals surface area contributed by atoms with E-state index < -0.39 is 15.9 Å². The van der Waals surface area contributed by atoms with Crippen molar-refractivity contribution in [1.82, 2.24) is 0 Å². The average molecular weight is 464 g/mol. The van der Waals surface area contributed by atoms with E-state index in [1.54, 1.807) is 18.2 Å². The number of halogens is 1. The van der Waals surface area contributed by atoms with Crippen LogP contribution in [0.25, 0.3) is 0 Å². The number of sulfone groups is 1. The van der Waals surface area contributed by atoms with Crippen molar-refractivity contribution in [3.05, 3.63) is 70.1 Å². The van der Waals surface area contributed by atoms with Gasteiger partial charge in [-0.05, 0) is 54.0 Å². The summed E-state index contributed by atoms with van der Waals surface area (Å²) < 4.78 is 30.3.